The molecule has 1 rings (SSSR count). The first-order valence-corrected chi connectivity index (χ1v) is 6.21. The monoisotopic (exact) mass is 306 g/mol. The fourth-order valence-electron chi connectivity index (χ4n) is 1.97. The molecule has 0 saturated carbocycles. The molecule has 0 radical (unpaired) electrons. The standard InChI is InChI=1S/C12H17BrF2N2/c1-8(16)12(17(2)7-11(14)15)9-5-3-4-6-10(9)13/h3-6,8,11-12H,7,16H2,1-2H3. The highest BCUT2D eigenvalue weighted by Crippen LogP contribution is 2.29. The molecule has 1 aromatic carbocycles. The molecule has 0 heterocycles. The van der Waals surface area contributed by atoms with Crippen LogP contribution in [-0.2, 0) is 0 Å². The molecular weight excluding hydrogens is 290 g/mol. The first-order valence-electron chi connectivity index (χ1n) is 5.42. The number of nitrogens with zero attached hydrogens (tertiary/aromatic N) is 1. The van der Waals surface area contributed by atoms with Gasteiger partial charge in [-0.1, -0.05) is 34.1 Å². The summed E-state index contributed by atoms with van der Waals surface area (Å²) in [6.45, 7) is 1.54. The maximum atomic E-state index is 12.4. The molecule has 0 amide bonds. The van der Waals surface area contributed by atoms with Crippen molar-refractivity contribution >= 4 is 15.9 Å². The number of likely N-dealkylation sites (N-methyl/N-ethyl adjacent to an activating group) is 1. The van der Waals surface area contributed by atoms with Gasteiger partial charge in [0.2, 0.25) is 0 Å². The van der Waals surface area contributed by atoms with Crippen molar-refractivity contribution < 1.29 is 8.78 Å². The van der Waals surface area contributed by atoms with Crippen LogP contribution in [0.1, 0.15) is 18.5 Å². The number of nitrogens with two attached hydrogens (primary N) is 1. The smallest absolute Gasteiger partial charge is 0.251 e. The summed E-state index contributed by atoms with van der Waals surface area (Å²) in [5, 5.41) is 0. The minimum atomic E-state index is -2.36. The van der Waals surface area contributed by atoms with Crippen molar-refractivity contribution in [2.45, 2.75) is 25.4 Å². The lowest BCUT2D eigenvalue weighted by atomic mass is 10.00. The molecule has 1 aromatic rings. The van der Waals surface area contributed by atoms with E-state index >= 15 is 0 Å². The van der Waals surface area contributed by atoms with E-state index in [-0.39, 0.29) is 18.6 Å². The van der Waals surface area contributed by atoms with Crippen LogP contribution in [-0.4, -0.2) is 31.0 Å². The van der Waals surface area contributed by atoms with E-state index in [9.17, 15) is 8.78 Å². The molecule has 0 aliphatic rings. The summed E-state index contributed by atoms with van der Waals surface area (Å²) < 4.78 is 25.8. The molecule has 0 saturated heterocycles. The van der Waals surface area contributed by atoms with Gasteiger partial charge in [0.15, 0.2) is 0 Å². The minimum Gasteiger partial charge on any atom is -0.326 e. The normalized spacial score (nSPS) is 15.3. The molecule has 0 aliphatic carbocycles. The molecule has 2 nitrogen and oxygen atoms in total. The summed E-state index contributed by atoms with van der Waals surface area (Å²) in [4.78, 5) is 1.59. The van der Waals surface area contributed by atoms with Crippen molar-refractivity contribution in [3.8, 4) is 0 Å². The van der Waals surface area contributed by atoms with Gasteiger partial charge in [-0.25, -0.2) is 8.78 Å². The molecule has 17 heavy (non-hydrogen) atoms. The van der Waals surface area contributed by atoms with Crippen molar-refractivity contribution in [2.75, 3.05) is 13.6 Å². The van der Waals surface area contributed by atoms with E-state index in [1.165, 1.54) is 0 Å². The summed E-state index contributed by atoms with van der Waals surface area (Å²) in [5.41, 5.74) is 6.84. The number of hydrogen-bond donors (Lipinski definition) is 1. The Morgan fingerprint density at radius 1 is 1.35 bits per heavy atom. The average molecular weight is 307 g/mol. The van der Waals surface area contributed by atoms with Gasteiger partial charge >= 0.3 is 0 Å². The number of halogens is 3. The van der Waals surface area contributed by atoms with Crippen LogP contribution >= 0.6 is 15.9 Å². The first-order chi connectivity index (χ1) is 7.93. The summed E-state index contributed by atoms with van der Waals surface area (Å²) in [6, 6.07) is 7.11. The van der Waals surface area contributed by atoms with Gasteiger partial charge in [-0.2, -0.15) is 0 Å². The lowest BCUT2D eigenvalue weighted by Gasteiger charge is -2.31. The lowest BCUT2D eigenvalue weighted by molar-refractivity contribution is 0.0753. The Bertz CT molecular complexity index is 358. The van der Waals surface area contributed by atoms with Crippen molar-refractivity contribution in [3.63, 3.8) is 0 Å². The molecule has 0 aliphatic heterocycles. The molecule has 5 heteroatoms. The topological polar surface area (TPSA) is 29.3 Å². The van der Waals surface area contributed by atoms with Crippen molar-refractivity contribution in [1.29, 1.82) is 0 Å². The predicted molar refractivity (Wildman–Crippen MR) is 69.2 cm³/mol. The fraction of sp³-hybridized carbons (Fsp3) is 0.500. The lowest BCUT2D eigenvalue weighted by Crippen LogP contribution is -2.39. The van der Waals surface area contributed by atoms with Gasteiger partial charge in [0.25, 0.3) is 6.43 Å². The van der Waals surface area contributed by atoms with Crippen LogP contribution in [0, 0.1) is 0 Å². The van der Waals surface area contributed by atoms with E-state index in [0.29, 0.717) is 0 Å². The Balaban J connectivity index is 2.97. The third-order valence-corrected chi connectivity index (χ3v) is 3.34. The Kier molecular flexibility index (Phi) is 5.49. The summed E-state index contributed by atoms with van der Waals surface area (Å²) >= 11 is 3.43. The Labute approximate surface area is 109 Å². The largest absolute Gasteiger partial charge is 0.326 e. The molecule has 0 spiro atoms. The van der Waals surface area contributed by atoms with E-state index in [0.717, 1.165) is 10.0 Å². The van der Waals surface area contributed by atoms with Gasteiger partial charge in [-0.05, 0) is 25.6 Å². The van der Waals surface area contributed by atoms with Crippen molar-refractivity contribution in [1.82, 2.24) is 4.90 Å². The third-order valence-electron chi connectivity index (χ3n) is 2.62. The van der Waals surface area contributed by atoms with Gasteiger partial charge in [-0.3, -0.25) is 4.90 Å². The summed E-state index contributed by atoms with van der Waals surface area (Å²) in [5.74, 6) is 0. The van der Waals surface area contributed by atoms with E-state index in [1.54, 1.807) is 11.9 Å². The van der Waals surface area contributed by atoms with Crippen LogP contribution in [0.4, 0.5) is 8.78 Å². The van der Waals surface area contributed by atoms with Crippen molar-refractivity contribution in [3.05, 3.63) is 34.3 Å². The predicted octanol–water partition coefficient (Wildman–Crippen LogP) is 3.03. The maximum Gasteiger partial charge on any atom is 0.251 e. The maximum absolute atomic E-state index is 12.4. The van der Waals surface area contributed by atoms with Crippen LogP contribution in [0.3, 0.4) is 0 Å². The molecule has 2 N–H and O–H groups in total. The Morgan fingerprint density at radius 3 is 2.41 bits per heavy atom. The highest BCUT2D eigenvalue weighted by atomic mass is 79.9. The van der Waals surface area contributed by atoms with Crippen LogP contribution < -0.4 is 5.73 Å². The quantitative estimate of drug-likeness (QED) is 0.906. The molecule has 2 atom stereocenters. The van der Waals surface area contributed by atoms with Crippen LogP contribution in [0.2, 0.25) is 0 Å². The average Bonchev–Trinajstić information content (AvgIpc) is 2.19. The fourth-order valence-corrected chi connectivity index (χ4v) is 2.49. The first kappa shape index (κ1) is 14.5. The highest BCUT2D eigenvalue weighted by Gasteiger charge is 2.24. The van der Waals surface area contributed by atoms with E-state index < -0.39 is 6.43 Å². The second kappa shape index (κ2) is 6.42. The van der Waals surface area contributed by atoms with Gasteiger partial charge in [0.05, 0.1) is 12.6 Å². The van der Waals surface area contributed by atoms with Gasteiger partial charge in [0, 0.05) is 10.5 Å². The highest BCUT2D eigenvalue weighted by molar-refractivity contribution is 9.10. The Morgan fingerprint density at radius 2 is 1.94 bits per heavy atom. The number of rotatable bonds is 5. The third kappa shape index (κ3) is 4.01. The zero-order valence-electron chi connectivity index (χ0n) is 9.91. The molecule has 0 aromatic heterocycles. The number of hydrogen-bond acceptors (Lipinski definition) is 2. The van der Waals surface area contributed by atoms with Crippen LogP contribution in [0.25, 0.3) is 0 Å². The van der Waals surface area contributed by atoms with E-state index in [4.69, 9.17) is 5.73 Å². The van der Waals surface area contributed by atoms with Crippen molar-refractivity contribution in [2.24, 2.45) is 5.73 Å². The van der Waals surface area contributed by atoms with Crippen LogP contribution in [0.5, 0.6) is 0 Å². The zero-order chi connectivity index (χ0) is 13.0. The van der Waals surface area contributed by atoms with Gasteiger partial charge in [-0.15, -0.1) is 0 Å². The summed E-state index contributed by atoms with van der Waals surface area (Å²) in [6.07, 6.45) is -2.36. The van der Waals surface area contributed by atoms with Crippen LogP contribution in [0.15, 0.2) is 28.7 Å². The number of alkyl halides is 2. The summed E-state index contributed by atoms with van der Waals surface area (Å²) in [7, 11) is 1.67. The second-order valence-electron chi connectivity index (χ2n) is 4.16. The molecule has 0 fully saturated rings. The van der Waals surface area contributed by atoms with Gasteiger partial charge in [0.1, 0.15) is 0 Å². The minimum absolute atomic E-state index is 0.223. The van der Waals surface area contributed by atoms with E-state index in [1.807, 2.05) is 31.2 Å². The molecular formula is C12H17BrF2N2. The Hall–Kier alpha value is -0.520. The molecule has 2 unspecified atom stereocenters. The zero-order valence-corrected chi connectivity index (χ0v) is 11.5. The molecule has 0 bridgehead atoms. The molecule has 96 valence electrons. The SMILES string of the molecule is CC(N)C(c1ccccc1Br)N(C)CC(F)F. The van der Waals surface area contributed by atoms with E-state index in [2.05, 4.69) is 15.9 Å². The van der Waals surface area contributed by atoms with Gasteiger partial charge < -0.3 is 5.73 Å². The number of benzene rings is 1. The second-order valence-corrected chi connectivity index (χ2v) is 5.01.